The van der Waals surface area contributed by atoms with Crippen LogP contribution in [0.15, 0.2) is 40.4 Å². The Morgan fingerprint density at radius 3 is 2.50 bits per heavy atom. The van der Waals surface area contributed by atoms with Crippen LogP contribution in [0.2, 0.25) is 0 Å². The molecule has 0 radical (unpaired) electrons. The zero-order valence-electron chi connectivity index (χ0n) is 14.1. The first-order chi connectivity index (χ1) is 12.4. The lowest BCUT2D eigenvalue weighted by Gasteiger charge is -2.09. The quantitative estimate of drug-likeness (QED) is 0.525. The Labute approximate surface area is 160 Å². The zero-order chi connectivity index (χ0) is 18.8. The van der Waals surface area contributed by atoms with E-state index in [1.54, 1.807) is 0 Å². The Bertz CT molecular complexity index is 1040. The molecule has 9 heteroatoms. The van der Waals surface area contributed by atoms with Crippen LogP contribution in [0, 0.1) is 25.2 Å². The fraction of sp³-hybridized carbons (Fsp3) is 0.118. The molecule has 0 fully saturated rings. The number of nitriles is 1. The highest BCUT2D eigenvalue weighted by molar-refractivity contribution is 7.99. The third-order valence-electron chi connectivity index (χ3n) is 3.70. The second kappa shape index (κ2) is 7.11. The van der Waals surface area contributed by atoms with Gasteiger partial charge in [-0.1, -0.05) is 30.3 Å². The third kappa shape index (κ3) is 3.24. The normalized spacial score (nSPS) is 10.5. The topological polar surface area (TPSA) is 119 Å². The first kappa shape index (κ1) is 17.8. The Kier molecular flexibility index (Phi) is 4.88. The van der Waals surface area contributed by atoms with E-state index in [2.05, 4.69) is 21.1 Å². The highest BCUT2D eigenvalue weighted by atomic mass is 32.2. The van der Waals surface area contributed by atoms with Crippen LogP contribution in [0.4, 0.5) is 5.82 Å². The standard InChI is InChI=1S/C17H15N7S2/c1-9-14(10(2)24(23-9)16(20)25)26-17-21-13(11-6-4-3-5-7-11)12(8-18)15(19)22-17/h3-7H,1-2H3,(H2,20,25)(H2,19,21,22). The molecule has 3 rings (SSSR count). The van der Waals surface area contributed by atoms with E-state index in [4.69, 9.17) is 23.7 Å². The first-order valence-electron chi connectivity index (χ1n) is 7.59. The van der Waals surface area contributed by atoms with Crippen molar-refractivity contribution >= 4 is 34.9 Å². The summed E-state index contributed by atoms with van der Waals surface area (Å²) in [5, 5.41) is 14.4. The van der Waals surface area contributed by atoms with Gasteiger partial charge in [0.2, 0.25) is 0 Å². The van der Waals surface area contributed by atoms with Crippen molar-refractivity contribution in [2.24, 2.45) is 5.73 Å². The van der Waals surface area contributed by atoms with Crippen LogP contribution in [0.1, 0.15) is 17.0 Å². The van der Waals surface area contributed by atoms with E-state index < -0.39 is 0 Å². The van der Waals surface area contributed by atoms with Crippen LogP contribution < -0.4 is 11.5 Å². The number of nitrogens with zero attached hydrogens (tertiary/aromatic N) is 5. The highest BCUT2D eigenvalue weighted by Crippen LogP contribution is 2.34. The first-order valence-corrected chi connectivity index (χ1v) is 8.81. The largest absolute Gasteiger partial charge is 0.382 e. The van der Waals surface area contributed by atoms with E-state index in [0.29, 0.717) is 10.9 Å². The molecule has 0 aliphatic rings. The molecule has 0 aliphatic carbocycles. The van der Waals surface area contributed by atoms with Gasteiger partial charge in [-0.25, -0.2) is 14.6 Å². The average Bonchev–Trinajstić information content (AvgIpc) is 2.90. The minimum Gasteiger partial charge on any atom is -0.382 e. The van der Waals surface area contributed by atoms with E-state index in [1.165, 1.54) is 16.4 Å². The van der Waals surface area contributed by atoms with Crippen LogP contribution in [-0.2, 0) is 0 Å². The summed E-state index contributed by atoms with van der Waals surface area (Å²) >= 11 is 6.32. The lowest BCUT2D eigenvalue weighted by molar-refractivity contribution is 0.885. The number of benzene rings is 1. The average molecular weight is 381 g/mol. The fourth-order valence-corrected chi connectivity index (χ4v) is 3.56. The second-order valence-electron chi connectivity index (χ2n) is 5.44. The molecule has 130 valence electrons. The third-order valence-corrected chi connectivity index (χ3v) is 5.04. The number of nitrogens with two attached hydrogens (primary N) is 2. The number of hydrogen-bond acceptors (Lipinski definition) is 7. The summed E-state index contributed by atoms with van der Waals surface area (Å²) in [5.74, 6) is 0.140. The molecular formula is C17H15N7S2. The summed E-state index contributed by atoms with van der Waals surface area (Å²) in [6.45, 7) is 3.72. The predicted molar refractivity (Wildman–Crippen MR) is 105 cm³/mol. The van der Waals surface area contributed by atoms with Crippen LogP contribution in [-0.4, -0.2) is 24.9 Å². The van der Waals surface area contributed by atoms with Crippen molar-refractivity contribution in [2.75, 3.05) is 5.73 Å². The molecule has 1 aromatic carbocycles. The molecular weight excluding hydrogens is 366 g/mol. The van der Waals surface area contributed by atoms with Gasteiger partial charge < -0.3 is 11.5 Å². The SMILES string of the molecule is Cc1nn(C(N)=S)c(C)c1Sc1nc(N)c(C#N)c(-c2ccccc2)n1. The van der Waals surface area contributed by atoms with Crippen LogP contribution in [0.5, 0.6) is 0 Å². The molecule has 0 unspecified atom stereocenters. The van der Waals surface area contributed by atoms with Gasteiger partial charge in [0.15, 0.2) is 10.3 Å². The minimum absolute atomic E-state index is 0.140. The van der Waals surface area contributed by atoms with E-state index in [9.17, 15) is 5.26 Å². The molecule has 0 saturated carbocycles. The van der Waals surface area contributed by atoms with E-state index >= 15 is 0 Å². The molecule has 0 amide bonds. The van der Waals surface area contributed by atoms with Gasteiger partial charge in [-0.3, -0.25) is 0 Å². The second-order valence-corrected chi connectivity index (χ2v) is 6.84. The minimum atomic E-state index is 0.140. The molecule has 3 aromatic rings. The maximum Gasteiger partial charge on any atom is 0.195 e. The van der Waals surface area contributed by atoms with Crippen LogP contribution in [0.3, 0.4) is 0 Å². The van der Waals surface area contributed by atoms with Crippen molar-refractivity contribution in [3.63, 3.8) is 0 Å². The van der Waals surface area contributed by atoms with Gasteiger partial charge in [-0.15, -0.1) is 0 Å². The van der Waals surface area contributed by atoms with Gasteiger partial charge in [-0.05, 0) is 37.8 Å². The summed E-state index contributed by atoms with van der Waals surface area (Å²) in [6.07, 6.45) is 0. The van der Waals surface area contributed by atoms with E-state index in [0.717, 1.165) is 21.8 Å². The van der Waals surface area contributed by atoms with Gasteiger partial charge in [-0.2, -0.15) is 10.4 Å². The Hall–Kier alpha value is -2.96. The number of aryl methyl sites for hydroxylation is 1. The van der Waals surface area contributed by atoms with E-state index in [1.807, 2.05) is 44.2 Å². The predicted octanol–water partition coefficient (Wildman–Crippen LogP) is 2.65. The van der Waals surface area contributed by atoms with Crippen molar-refractivity contribution < 1.29 is 0 Å². The maximum atomic E-state index is 9.44. The van der Waals surface area contributed by atoms with Gasteiger partial charge in [0.05, 0.1) is 22.0 Å². The number of thiocarbonyl (C=S) groups is 1. The molecule has 0 bridgehead atoms. The Morgan fingerprint density at radius 2 is 1.92 bits per heavy atom. The van der Waals surface area contributed by atoms with Crippen molar-refractivity contribution in [1.29, 1.82) is 5.26 Å². The van der Waals surface area contributed by atoms with Crippen LogP contribution >= 0.6 is 24.0 Å². The van der Waals surface area contributed by atoms with E-state index in [-0.39, 0.29) is 16.5 Å². The molecule has 0 aliphatic heterocycles. The molecule has 26 heavy (non-hydrogen) atoms. The molecule has 2 heterocycles. The fourth-order valence-electron chi connectivity index (χ4n) is 2.50. The van der Waals surface area contributed by atoms with Crippen molar-refractivity contribution in [3.8, 4) is 17.3 Å². The zero-order valence-corrected chi connectivity index (χ0v) is 15.7. The summed E-state index contributed by atoms with van der Waals surface area (Å²) in [6, 6.07) is 11.5. The van der Waals surface area contributed by atoms with Crippen molar-refractivity contribution in [2.45, 2.75) is 23.9 Å². The number of rotatable bonds is 3. The Morgan fingerprint density at radius 1 is 1.23 bits per heavy atom. The molecule has 4 N–H and O–H groups in total. The summed E-state index contributed by atoms with van der Waals surface area (Å²) in [5.41, 5.74) is 14.8. The molecule has 0 spiro atoms. The molecule has 2 aromatic heterocycles. The number of hydrogen-bond donors (Lipinski definition) is 2. The number of aromatic nitrogens is 4. The lowest BCUT2D eigenvalue weighted by Crippen LogP contribution is -2.21. The molecule has 0 atom stereocenters. The number of anilines is 1. The lowest BCUT2D eigenvalue weighted by atomic mass is 10.1. The molecule has 7 nitrogen and oxygen atoms in total. The highest BCUT2D eigenvalue weighted by Gasteiger charge is 2.19. The van der Waals surface area contributed by atoms with Crippen LogP contribution in [0.25, 0.3) is 11.3 Å². The number of nitrogen functional groups attached to an aromatic ring is 1. The van der Waals surface area contributed by atoms with Gasteiger partial charge in [0, 0.05) is 5.56 Å². The summed E-state index contributed by atoms with van der Waals surface area (Å²) in [7, 11) is 0. The van der Waals surface area contributed by atoms with Crippen molar-refractivity contribution in [3.05, 3.63) is 47.3 Å². The molecule has 0 saturated heterocycles. The maximum absolute atomic E-state index is 9.44. The van der Waals surface area contributed by atoms with Gasteiger partial charge >= 0.3 is 0 Å². The monoisotopic (exact) mass is 381 g/mol. The van der Waals surface area contributed by atoms with Gasteiger partial charge in [0.25, 0.3) is 0 Å². The van der Waals surface area contributed by atoms with Gasteiger partial charge in [0.1, 0.15) is 17.5 Å². The summed E-state index contributed by atoms with van der Waals surface area (Å²) < 4.78 is 1.50. The Balaban J connectivity index is 2.10. The summed E-state index contributed by atoms with van der Waals surface area (Å²) in [4.78, 5) is 9.67. The smallest absolute Gasteiger partial charge is 0.195 e. The van der Waals surface area contributed by atoms with Crippen molar-refractivity contribution in [1.82, 2.24) is 19.7 Å².